The van der Waals surface area contributed by atoms with E-state index in [1.54, 1.807) is 0 Å². The van der Waals surface area contributed by atoms with Gasteiger partial charge in [0.1, 0.15) is 0 Å². The minimum absolute atomic E-state index is 0.157. The second-order valence-corrected chi connectivity index (χ2v) is 9.35. The molecule has 128 valence electrons. The summed E-state index contributed by atoms with van der Waals surface area (Å²) in [5, 5.41) is 0. The van der Waals surface area contributed by atoms with Crippen molar-refractivity contribution in [2.45, 2.75) is 51.4 Å². The zero-order valence-corrected chi connectivity index (χ0v) is 14.3. The van der Waals surface area contributed by atoms with Crippen molar-refractivity contribution in [2.75, 3.05) is 31.1 Å². The monoisotopic (exact) mass is 330 g/mol. The minimum atomic E-state index is -2.88. The SMILES string of the molecule is NC(=O)CN(CCC1CCCCC1)C[C@@H]1CCCS(=O)(=O)C1. The summed E-state index contributed by atoms with van der Waals surface area (Å²) in [6.45, 7) is 1.81. The third kappa shape index (κ3) is 6.24. The molecule has 2 rings (SSSR count). The number of amides is 1. The van der Waals surface area contributed by atoms with Crippen molar-refractivity contribution in [3.63, 3.8) is 0 Å². The van der Waals surface area contributed by atoms with Crippen LogP contribution in [0.4, 0.5) is 0 Å². The fourth-order valence-corrected chi connectivity index (χ4v) is 5.69. The Hall–Kier alpha value is -0.620. The molecule has 1 aliphatic heterocycles. The van der Waals surface area contributed by atoms with Crippen molar-refractivity contribution in [2.24, 2.45) is 17.6 Å². The Morgan fingerprint density at radius 2 is 1.73 bits per heavy atom. The molecule has 0 spiro atoms. The van der Waals surface area contributed by atoms with E-state index in [-0.39, 0.29) is 24.1 Å². The molecular formula is C16H30N2O3S. The average molecular weight is 330 g/mol. The maximum Gasteiger partial charge on any atom is 0.231 e. The largest absolute Gasteiger partial charge is 0.369 e. The van der Waals surface area contributed by atoms with Gasteiger partial charge in [0.15, 0.2) is 9.84 Å². The van der Waals surface area contributed by atoms with Gasteiger partial charge in [-0.2, -0.15) is 0 Å². The molecule has 1 amide bonds. The van der Waals surface area contributed by atoms with Crippen LogP contribution in [0, 0.1) is 11.8 Å². The van der Waals surface area contributed by atoms with E-state index in [9.17, 15) is 13.2 Å². The van der Waals surface area contributed by atoms with Gasteiger partial charge < -0.3 is 5.73 Å². The molecule has 0 aromatic rings. The summed E-state index contributed by atoms with van der Waals surface area (Å²) in [5.41, 5.74) is 5.36. The predicted octanol–water partition coefficient (Wildman–Crippen LogP) is 1.57. The predicted molar refractivity (Wildman–Crippen MR) is 88.2 cm³/mol. The van der Waals surface area contributed by atoms with Gasteiger partial charge in [-0.05, 0) is 37.6 Å². The summed E-state index contributed by atoms with van der Waals surface area (Å²) in [6.07, 6.45) is 9.37. The highest BCUT2D eigenvalue weighted by Gasteiger charge is 2.27. The lowest BCUT2D eigenvalue weighted by Gasteiger charge is -2.30. The Kier molecular flexibility index (Phi) is 6.68. The maximum absolute atomic E-state index is 11.8. The number of hydrogen-bond donors (Lipinski definition) is 1. The second-order valence-electron chi connectivity index (χ2n) is 7.12. The Balaban J connectivity index is 1.83. The molecule has 2 fully saturated rings. The summed E-state index contributed by atoms with van der Waals surface area (Å²) in [4.78, 5) is 13.4. The van der Waals surface area contributed by atoms with Crippen LogP contribution < -0.4 is 5.73 Å². The van der Waals surface area contributed by atoms with Crippen molar-refractivity contribution in [1.82, 2.24) is 4.90 Å². The topological polar surface area (TPSA) is 80.5 Å². The molecule has 22 heavy (non-hydrogen) atoms. The fraction of sp³-hybridized carbons (Fsp3) is 0.938. The smallest absolute Gasteiger partial charge is 0.231 e. The first-order chi connectivity index (χ1) is 10.4. The molecule has 1 saturated heterocycles. The molecular weight excluding hydrogens is 300 g/mol. The standard InChI is InChI=1S/C16H30N2O3S/c17-16(19)12-18(9-8-14-5-2-1-3-6-14)11-15-7-4-10-22(20,21)13-15/h14-15H,1-13H2,(H2,17,19)/t15-/m0/s1. The summed E-state index contributed by atoms with van der Waals surface area (Å²) in [6, 6.07) is 0. The Labute approximate surface area is 134 Å². The third-order valence-corrected chi connectivity index (χ3v) is 6.92. The van der Waals surface area contributed by atoms with Crippen molar-refractivity contribution in [1.29, 1.82) is 0 Å². The van der Waals surface area contributed by atoms with Crippen molar-refractivity contribution in [3.8, 4) is 0 Å². The van der Waals surface area contributed by atoms with Crippen LogP contribution in [0.25, 0.3) is 0 Å². The molecule has 1 aliphatic carbocycles. The first kappa shape index (κ1) is 17.7. The molecule has 0 radical (unpaired) electrons. The van der Waals surface area contributed by atoms with Gasteiger partial charge in [0, 0.05) is 6.54 Å². The van der Waals surface area contributed by atoms with Crippen LogP contribution >= 0.6 is 0 Å². The number of rotatable bonds is 7. The Morgan fingerprint density at radius 1 is 1.05 bits per heavy atom. The van der Waals surface area contributed by atoms with E-state index in [2.05, 4.69) is 4.90 Å². The summed E-state index contributed by atoms with van der Waals surface area (Å²) >= 11 is 0. The highest BCUT2D eigenvalue weighted by molar-refractivity contribution is 7.91. The zero-order valence-electron chi connectivity index (χ0n) is 13.5. The van der Waals surface area contributed by atoms with E-state index < -0.39 is 9.84 Å². The average Bonchev–Trinajstić information content (AvgIpc) is 2.44. The van der Waals surface area contributed by atoms with Crippen molar-refractivity contribution in [3.05, 3.63) is 0 Å². The highest BCUT2D eigenvalue weighted by atomic mass is 32.2. The Morgan fingerprint density at radius 3 is 2.36 bits per heavy atom. The molecule has 0 aromatic heterocycles. The molecule has 0 unspecified atom stereocenters. The molecule has 1 heterocycles. The fourth-order valence-electron chi connectivity index (χ4n) is 3.92. The molecule has 1 atom stereocenters. The van der Waals surface area contributed by atoms with Crippen LogP contribution in [-0.2, 0) is 14.6 Å². The molecule has 6 heteroatoms. The quantitative estimate of drug-likeness (QED) is 0.768. The number of nitrogens with two attached hydrogens (primary N) is 1. The number of primary amides is 1. The van der Waals surface area contributed by atoms with Crippen LogP contribution in [0.15, 0.2) is 0 Å². The normalized spacial score (nSPS) is 26.1. The molecule has 2 aliphatic rings. The Bertz CT molecular complexity index is 458. The molecule has 0 aromatic carbocycles. The van der Waals surface area contributed by atoms with E-state index in [0.29, 0.717) is 12.3 Å². The third-order valence-electron chi connectivity index (χ3n) is 5.03. The number of carbonyl (C=O) groups excluding carboxylic acids is 1. The van der Waals surface area contributed by atoms with Crippen molar-refractivity contribution < 1.29 is 13.2 Å². The maximum atomic E-state index is 11.8. The minimum Gasteiger partial charge on any atom is -0.369 e. The molecule has 1 saturated carbocycles. The summed E-state index contributed by atoms with van der Waals surface area (Å²) in [7, 11) is -2.88. The number of carbonyl (C=O) groups is 1. The van der Waals surface area contributed by atoms with Crippen molar-refractivity contribution >= 4 is 15.7 Å². The number of nitrogens with zero attached hydrogens (tertiary/aromatic N) is 1. The van der Waals surface area contributed by atoms with Crippen LogP contribution in [0.3, 0.4) is 0 Å². The van der Waals surface area contributed by atoms with E-state index in [0.717, 1.165) is 31.7 Å². The van der Waals surface area contributed by atoms with Crippen LogP contribution in [-0.4, -0.2) is 50.4 Å². The van der Waals surface area contributed by atoms with Crippen LogP contribution in [0.1, 0.15) is 51.4 Å². The van der Waals surface area contributed by atoms with Gasteiger partial charge >= 0.3 is 0 Å². The summed E-state index contributed by atoms with van der Waals surface area (Å²) in [5.74, 6) is 1.19. The van der Waals surface area contributed by atoms with Gasteiger partial charge in [-0.25, -0.2) is 8.42 Å². The number of hydrogen-bond acceptors (Lipinski definition) is 4. The van der Waals surface area contributed by atoms with E-state index in [1.807, 2.05) is 0 Å². The second kappa shape index (κ2) is 8.29. The lowest BCUT2D eigenvalue weighted by molar-refractivity contribution is -0.119. The highest BCUT2D eigenvalue weighted by Crippen LogP contribution is 2.27. The van der Waals surface area contributed by atoms with Gasteiger partial charge in [-0.15, -0.1) is 0 Å². The lowest BCUT2D eigenvalue weighted by atomic mass is 9.87. The summed E-state index contributed by atoms with van der Waals surface area (Å²) < 4.78 is 23.5. The van der Waals surface area contributed by atoms with E-state index >= 15 is 0 Å². The number of sulfone groups is 1. The van der Waals surface area contributed by atoms with Gasteiger partial charge in [0.2, 0.25) is 5.91 Å². The lowest BCUT2D eigenvalue weighted by Crippen LogP contribution is -2.41. The molecule has 0 bridgehead atoms. The first-order valence-electron chi connectivity index (χ1n) is 8.66. The van der Waals surface area contributed by atoms with Gasteiger partial charge in [0.05, 0.1) is 18.1 Å². The van der Waals surface area contributed by atoms with Crippen LogP contribution in [0.2, 0.25) is 0 Å². The van der Waals surface area contributed by atoms with Crippen LogP contribution in [0.5, 0.6) is 0 Å². The molecule has 5 nitrogen and oxygen atoms in total. The zero-order chi connectivity index (χ0) is 16.0. The van der Waals surface area contributed by atoms with Gasteiger partial charge in [-0.3, -0.25) is 9.69 Å². The van der Waals surface area contributed by atoms with E-state index in [4.69, 9.17) is 5.73 Å². The van der Waals surface area contributed by atoms with Gasteiger partial charge in [0.25, 0.3) is 0 Å². The first-order valence-corrected chi connectivity index (χ1v) is 10.5. The van der Waals surface area contributed by atoms with Gasteiger partial charge in [-0.1, -0.05) is 32.1 Å². The van der Waals surface area contributed by atoms with E-state index in [1.165, 1.54) is 32.1 Å². The molecule has 2 N–H and O–H groups in total.